The zero-order chi connectivity index (χ0) is 59.3. The quantitative estimate of drug-likeness (QED) is 0.0605. The average Bonchev–Trinajstić information content (AvgIpc) is 3.76. The molecule has 0 radical (unpaired) electrons. The van der Waals surface area contributed by atoms with Crippen LogP contribution in [0.2, 0.25) is 0 Å². The van der Waals surface area contributed by atoms with Crippen molar-refractivity contribution in [3.05, 3.63) is 111 Å². The van der Waals surface area contributed by atoms with Crippen molar-refractivity contribution >= 4 is 115 Å². The van der Waals surface area contributed by atoms with E-state index in [1.54, 1.807) is 70.9 Å². The Morgan fingerprint density at radius 3 is 2.11 bits per heavy atom. The Kier molecular flexibility index (Phi) is 18.5. The van der Waals surface area contributed by atoms with Gasteiger partial charge in [-0.15, -0.1) is 68.0 Å². The molecule has 2 aliphatic rings. The van der Waals surface area contributed by atoms with Gasteiger partial charge in [0.15, 0.2) is 0 Å². The molecule has 1 aliphatic carbocycles. The molecule has 8 aromatic rings. The Balaban J connectivity index is 1.03. The molecule has 29 heteroatoms. The van der Waals surface area contributed by atoms with Crippen LogP contribution in [0, 0.1) is 24.7 Å². The summed E-state index contributed by atoms with van der Waals surface area (Å²) < 4.78 is 5.45. The lowest BCUT2D eigenvalue weighted by Gasteiger charge is -2.24. The standard InChI is InChI=1S/C55H55N13O10S6/c1-24(2)39-54-68-42(35(84-54)19-78-5)47(74)57-18-38(70)65-43(44(71)26-9-7-6-8-10-26)53-62-34(22-81-53)51-60-32(20-80-51)41-29(15-16-30(58-41)50-64-36(23-82-50)63-45(72)27-11-13-28(14-12-27)55(76)77)49-61-33(21-79-49)46(73)59-31(17-37(69)56-4)52-67-40(25(3)83-52)48(75)66-39/h6-10,15-16,20-24,27-28,31,39,43-44,71H,11-14,17-19H2,1-5H3,(H,56,69)(H,57,74)(H,59,73)(H,63,72)(H,65,70)(H,66,75)(H,76,77)/t27?,28?,31-,39?,43-,44-/m0/s1. The number of carboxylic acids is 1. The number of amides is 6. The van der Waals surface area contributed by atoms with E-state index in [2.05, 4.69) is 31.9 Å². The number of rotatable bonds is 11. The summed E-state index contributed by atoms with van der Waals surface area (Å²) in [6.45, 7) is 4.96. The van der Waals surface area contributed by atoms with Gasteiger partial charge in [-0.2, -0.15) is 0 Å². The lowest BCUT2D eigenvalue weighted by Crippen LogP contribution is -2.40. The van der Waals surface area contributed by atoms with Gasteiger partial charge in [0.25, 0.3) is 17.7 Å². The molecule has 8 N–H and O–H groups in total. The monoisotopic (exact) mass is 1250 g/mol. The number of thiazole rings is 6. The Bertz CT molecular complexity index is 3770. The number of anilines is 1. The van der Waals surface area contributed by atoms with Crippen molar-refractivity contribution < 1.29 is 48.5 Å². The van der Waals surface area contributed by atoms with E-state index in [4.69, 9.17) is 39.6 Å². The van der Waals surface area contributed by atoms with Gasteiger partial charge >= 0.3 is 5.97 Å². The highest BCUT2D eigenvalue weighted by atomic mass is 32.1. The van der Waals surface area contributed by atoms with Gasteiger partial charge in [0.2, 0.25) is 17.7 Å². The van der Waals surface area contributed by atoms with Crippen LogP contribution < -0.4 is 31.9 Å². The van der Waals surface area contributed by atoms with Crippen LogP contribution in [0.3, 0.4) is 0 Å². The minimum atomic E-state index is -1.28. The molecule has 0 spiro atoms. The lowest BCUT2D eigenvalue weighted by molar-refractivity contribution is -0.143. The Morgan fingerprint density at radius 1 is 0.679 bits per heavy atom. The molecule has 10 bridgehead atoms. The molecule has 1 aromatic carbocycles. The van der Waals surface area contributed by atoms with Gasteiger partial charge in [-0.3, -0.25) is 33.6 Å². The Morgan fingerprint density at radius 2 is 1.37 bits per heavy atom. The van der Waals surface area contributed by atoms with Gasteiger partial charge in [-0.1, -0.05) is 44.2 Å². The minimum absolute atomic E-state index is 0.000649. The molecule has 6 amide bonds. The molecule has 10 rings (SSSR count). The first-order valence-electron chi connectivity index (χ1n) is 26.4. The number of aliphatic hydroxyl groups is 1. The fourth-order valence-electron chi connectivity index (χ4n) is 9.47. The fraction of sp³-hybridized carbons (Fsp3) is 0.345. The van der Waals surface area contributed by atoms with Crippen LogP contribution in [0.1, 0.15) is 132 Å². The molecule has 7 aromatic heterocycles. The van der Waals surface area contributed by atoms with Crippen LogP contribution >= 0.6 is 68.0 Å². The molecule has 1 unspecified atom stereocenters. The summed E-state index contributed by atoms with van der Waals surface area (Å²) in [5, 5.41) is 47.6. The molecule has 436 valence electrons. The number of aliphatic carboxylic acids is 1. The number of nitrogens with one attached hydrogen (secondary N) is 6. The van der Waals surface area contributed by atoms with Crippen molar-refractivity contribution in [2.45, 2.75) is 83.7 Å². The molecular weight excluding hydrogens is 1200 g/mol. The Hall–Kier alpha value is -7.64. The van der Waals surface area contributed by atoms with E-state index in [0.717, 1.165) is 11.3 Å². The van der Waals surface area contributed by atoms with Crippen LogP contribution in [-0.4, -0.2) is 107 Å². The number of methoxy groups -OCH3 is 1. The van der Waals surface area contributed by atoms with Crippen LogP contribution in [0.4, 0.5) is 5.82 Å². The number of hydrogen-bond acceptors (Lipinski definition) is 22. The largest absolute Gasteiger partial charge is 0.481 e. The lowest BCUT2D eigenvalue weighted by atomic mass is 9.81. The van der Waals surface area contributed by atoms with Crippen molar-refractivity contribution in [1.29, 1.82) is 0 Å². The average molecular weight is 1250 g/mol. The number of benzene rings is 1. The number of aliphatic hydroxyl groups excluding tert-OH is 1. The van der Waals surface area contributed by atoms with E-state index in [9.17, 15) is 43.8 Å². The zero-order valence-corrected chi connectivity index (χ0v) is 50.5. The first-order valence-corrected chi connectivity index (χ1v) is 31.6. The number of carbonyl (C=O) groups excluding carboxylic acids is 6. The number of aromatic nitrogens is 7. The highest BCUT2D eigenvalue weighted by Crippen LogP contribution is 2.40. The molecule has 1 aliphatic heterocycles. The molecule has 23 nitrogen and oxygen atoms in total. The maximum Gasteiger partial charge on any atom is 0.306 e. The summed E-state index contributed by atoms with van der Waals surface area (Å²) in [4.78, 5) is 129. The van der Waals surface area contributed by atoms with Gasteiger partial charge < -0.3 is 46.9 Å². The second-order valence-electron chi connectivity index (χ2n) is 20.0. The van der Waals surface area contributed by atoms with E-state index in [0.29, 0.717) is 100 Å². The number of nitrogens with zero attached hydrogens (tertiary/aromatic N) is 7. The molecule has 8 heterocycles. The maximum atomic E-state index is 14.3. The normalized spacial score (nSPS) is 19.1. The number of ether oxygens (including phenoxy) is 1. The fourth-order valence-corrected chi connectivity index (χ4v) is 15.0. The van der Waals surface area contributed by atoms with Crippen molar-refractivity contribution in [2.75, 3.05) is 26.0 Å². The molecular formula is C55H55N13O10S6. The summed E-state index contributed by atoms with van der Waals surface area (Å²) in [6.07, 6.45) is 0.232. The predicted molar refractivity (Wildman–Crippen MR) is 319 cm³/mol. The first-order chi connectivity index (χ1) is 40.4. The van der Waals surface area contributed by atoms with E-state index in [1.807, 2.05) is 13.8 Å². The number of carboxylic acid groups (broad SMARTS) is 1. The molecule has 0 saturated heterocycles. The third kappa shape index (κ3) is 13.3. The number of pyridine rings is 1. The van der Waals surface area contributed by atoms with Crippen LogP contribution in [-0.2, 0) is 30.5 Å². The maximum absolute atomic E-state index is 14.3. The highest BCUT2D eigenvalue weighted by Gasteiger charge is 2.34. The molecule has 4 atom stereocenters. The third-order valence-electron chi connectivity index (χ3n) is 13.9. The summed E-state index contributed by atoms with van der Waals surface area (Å²) >= 11 is 7.19. The summed E-state index contributed by atoms with van der Waals surface area (Å²) in [7, 11) is 2.94. The van der Waals surface area contributed by atoms with Crippen molar-refractivity contribution in [2.24, 2.45) is 17.8 Å². The van der Waals surface area contributed by atoms with E-state index in [1.165, 1.54) is 70.8 Å². The second kappa shape index (κ2) is 26.1. The highest BCUT2D eigenvalue weighted by molar-refractivity contribution is 7.15. The molecule has 1 saturated carbocycles. The minimum Gasteiger partial charge on any atom is -0.481 e. The number of carbonyl (C=O) groups is 7. The molecule has 84 heavy (non-hydrogen) atoms. The van der Waals surface area contributed by atoms with Gasteiger partial charge in [-0.05, 0) is 56.2 Å². The van der Waals surface area contributed by atoms with E-state index >= 15 is 0 Å². The van der Waals surface area contributed by atoms with Crippen molar-refractivity contribution in [1.82, 2.24) is 61.5 Å². The van der Waals surface area contributed by atoms with E-state index < -0.39 is 72.2 Å². The van der Waals surface area contributed by atoms with Crippen molar-refractivity contribution in [3.63, 3.8) is 0 Å². The predicted octanol–water partition coefficient (Wildman–Crippen LogP) is 8.14. The van der Waals surface area contributed by atoms with Gasteiger partial charge in [0.1, 0.15) is 82.2 Å². The SMILES string of the molecule is CNC(=O)C[C@@H]1NC(=O)c2csc(n2)-c2ccc(-c3nc(NC(=O)C4CCC(C(=O)O)CC4)cs3)nc2-c2csc(n2)-c2csc(n2)[C@H]([C@@H](O)c2ccccc2)NC(=O)CNC(=O)c2nc(sc2COC)C(C(C)C)NC(=O)c2nc1sc2C. The number of fused-ring (bicyclic) bond motifs is 14. The topological polar surface area (TPSA) is 332 Å². The van der Waals surface area contributed by atoms with Crippen LogP contribution in [0.25, 0.3) is 43.4 Å². The summed E-state index contributed by atoms with van der Waals surface area (Å²) in [5.41, 5.74) is 2.71. The second-order valence-corrected chi connectivity index (χ2v) is 25.9. The third-order valence-corrected chi connectivity index (χ3v) is 19.7. The van der Waals surface area contributed by atoms with Crippen LogP contribution in [0.15, 0.2) is 64.0 Å². The first kappa shape index (κ1) is 59.5. The smallest absolute Gasteiger partial charge is 0.306 e. The Labute approximate surface area is 504 Å². The van der Waals surface area contributed by atoms with Gasteiger partial charge in [-0.25, -0.2) is 34.9 Å². The summed E-state index contributed by atoms with van der Waals surface area (Å²) in [6, 6.07) is 9.50. The zero-order valence-electron chi connectivity index (χ0n) is 45.6. The van der Waals surface area contributed by atoms with Gasteiger partial charge in [0, 0.05) is 52.0 Å². The van der Waals surface area contributed by atoms with Gasteiger partial charge in [0.05, 0.1) is 48.1 Å². The van der Waals surface area contributed by atoms with E-state index in [-0.39, 0.29) is 52.9 Å². The number of aryl methyl sites for hydroxylation is 1. The number of hydrogen-bond donors (Lipinski definition) is 8. The van der Waals surface area contributed by atoms with Crippen molar-refractivity contribution in [3.8, 4) is 43.4 Å². The van der Waals surface area contributed by atoms with Crippen LogP contribution in [0.5, 0.6) is 0 Å². The molecule has 1 fully saturated rings. The summed E-state index contributed by atoms with van der Waals surface area (Å²) in [5.74, 6) is -4.74.